The van der Waals surface area contributed by atoms with Gasteiger partial charge < -0.3 is 33.9 Å². The Kier molecular flexibility index (Phi) is 10.2. The number of ether oxygens (including phenoxy) is 5. The van der Waals surface area contributed by atoms with Crippen LogP contribution in [0.15, 0.2) is 29.3 Å². The van der Waals surface area contributed by atoms with Crippen molar-refractivity contribution in [3.05, 3.63) is 41.0 Å². The quantitative estimate of drug-likeness (QED) is 0.296. The van der Waals surface area contributed by atoms with Crippen LogP contribution in [0.5, 0.6) is 28.7 Å². The largest absolute Gasteiger partial charge is 0.493 e. The summed E-state index contributed by atoms with van der Waals surface area (Å²) in [6, 6.07) is 8.03. The number of halogens is 1. The molecule has 1 heterocycles. The van der Waals surface area contributed by atoms with Crippen LogP contribution in [-0.2, 0) is 19.4 Å². The lowest BCUT2D eigenvalue weighted by atomic mass is 9.99. The summed E-state index contributed by atoms with van der Waals surface area (Å²) in [6.07, 6.45) is 1.66. The molecule has 0 saturated heterocycles. The Labute approximate surface area is 213 Å². The third-order valence-electron chi connectivity index (χ3n) is 5.69. The summed E-state index contributed by atoms with van der Waals surface area (Å²) < 4.78 is 27.4. The van der Waals surface area contributed by atoms with Crippen LogP contribution in [0.25, 0.3) is 0 Å². The van der Waals surface area contributed by atoms with Gasteiger partial charge in [0.15, 0.2) is 29.0 Å². The van der Waals surface area contributed by atoms with E-state index >= 15 is 0 Å². The Morgan fingerprint density at radius 3 is 2.09 bits per heavy atom. The van der Waals surface area contributed by atoms with Crippen LogP contribution >= 0.6 is 24.0 Å². The molecule has 33 heavy (non-hydrogen) atoms. The van der Waals surface area contributed by atoms with Crippen molar-refractivity contribution in [3.63, 3.8) is 0 Å². The molecular formula is C24H34IN3O5. The minimum absolute atomic E-state index is 0. The third kappa shape index (κ3) is 5.87. The molecule has 0 bridgehead atoms. The molecule has 0 spiro atoms. The summed E-state index contributed by atoms with van der Waals surface area (Å²) in [5.41, 5.74) is 3.54. The van der Waals surface area contributed by atoms with Crippen LogP contribution < -0.4 is 29.0 Å². The SMILES string of the molecule is CN=C(NCCc1ccc(OC)c(OC)c1OC)N1CCc2cc(OC)c(OC)cc2C1.I. The molecule has 0 radical (unpaired) electrons. The van der Waals surface area contributed by atoms with Crippen molar-refractivity contribution >= 4 is 29.9 Å². The Balaban J connectivity index is 0.00000385. The van der Waals surface area contributed by atoms with E-state index in [2.05, 4.69) is 27.3 Å². The Bertz CT molecular complexity index is 968. The van der Waals surface area contributed by atoms with Crippen molar-refractivity contribution in [2.75, 3.05) is 55.7 Å². The summed E-state index contributed by atoms with van der Waals surface area (Å²) in [6.45, 7) is 2.34. The normalized spacial score (nSPS) is 12.9. The standard InChI is InChI=1S/C24H33N3O5.HI/c1-25-24(26-11-9-16-7-8-19(28-2)23(32-6)22(16)31-5)27-12-10-17-13-20(29-3)21(30-4)14-18(17)15-27;/h7-8,13-14H,9-12,15H2,1-6H3,(H,25,26);1H. The van der Waals surface area contributed by atoms with Gasteiger partial charge in [0, 0.05) is 32.2 Å². The molecule has 1 aliphatic heterocycles. The number of benzene rings is 2. The molecule has 0 fully saturated rings. The molecule has 0 aliphatic carbocycles. The zero-order valence-corrected chi connectivity index (χ0v) is 22.5. The average molecular weight is 571 g/mol. The van der Waals surface area contributed by atoms with Gasteiger partial charge in [-0.05, 0) is 42.2 Å². The van der Waals surface area contributed by atoms with Crippen molar-refractivity contribution < 1.29 is 23.7 Å². The number of nitrogens with zero attached hydrogens (tertiary/aromatic N) is 2. The minimum atomic E-state index is 0. The van der Waals surface area contributed by atoms with Gasteiger partial charge in [-0.3, -0.25) is 4.99 Å². The summed E-state index contributed by atoms with van der Waals surface area (Å²) in [5, 5.41) is 3.48. The maximum Gasteiger partial charge on any atom is 0.203 e. The lowest BCUT2D eigenvalue weighted by molar-refractivity contribution is 0.322. The zero-order valence-electron chi connectivity index (χ0n) is 20.2. The number of fused-ring (bicyclic) bond motifs is 1. The Morgan fingerprint density at radius 2 is 1.52 bits per heavy atom. The predicted octanol–water partition coefficient (Wildman–Crippen LogP) is 3.52. The predicted molar refractivity (Wildman–Crippen MR) is 140 cm³/mol. The number of hydrogen-bond acceptors (Lipinski definition) is 6. The summed E-state index contributed by atoms with van der Waals surface area (Å²) in [4.78, 5) is 6.75. The van der Waals surface area contributed by atoms with E-state index < -0.39 is 0 Å². The Hall–Kier alpha value is -2.56. The number of methoxy groups -OCH3 is 5. The van der Waals surface area contributed by atoms with E-state index in [4.69, 9.17) is 23.7 Å². The minimum Gasteiger partial charge on any atom is -0.493 e. The molecule has 2 aromatic rings. The van der Waals surface area contributed by atoms with E-state index in [9.17, 15) is 0 Å². The lowest BCUT2D eigenvalue weighted by Gasteiger charge is -2.32. The van der Waals surface area contributed by atoms with Crippen LogP contribution in [-0.4, -0.2) is 66.5 Å². The first-order valence-corrected chi connectivity index (χ1v) is 10.6. The van der Waals surface area contributed by atoms with Gasteiger partial charge in [0.2, 0.25) is 5.75 Å². The second kappa shape index (κ2) is 12.6. The van der Waals surface area contributed by atoms with Gasteiger partial charge >= 0.3 is 0 Å². The van der Waals surface area contributed by atoms with Crippen molar-refractivity contribution in [1.82, 2.24) is 10.2 Å². The highest BCUT2D eigenvalue weighted by Gasteiger charge is 2.22. The highest BCUT2D eigenvalue weighted by Crippen LogP contribution is 2.39. The molecule has 1 aliphatic rings. The van der Waals surface area contributed by atoms with Gasteiger partial charge in [0.25, 0.3) is 0 Å². The van der Waals surface area contributed by atoms with E-state index in [0.29, 0.717) is 23.8 Å². The van der Waals surface area contributed by atoms with Crippen LogP contribution in [0.1, 0.15) is 16.7 Å². The highest BCUT2D eigenvalue weighted by atomic mass is 127. The van der Waals surface area contributed by atoms with Crippen LogP contribution in [0.3, 0.4) is 0 Å². The van der Waals surface area contributed by atoms with E-state index in [0.717, 1.165) is 49.0 Å². The molecule has 0 amide bonds. The molecule has 1 N–H and O–H groups in total. The monoisotopic (exact) mass is 571 g/mol. The maximum atomic E-state index is 5.59. The summed E-state index contributed by atoms with van der Waals surface area (Å²) in [5.74, 6) is 4.33. The number of hydrogen-bond donors (Lipinski definition) is 1. The van der Waals surface area contributed by atoms with E-state index in [1.165, 1.54) is 11.1 Å². The fraction of sp³-hybridized carbons (Fsp3) is 0.458. The molecule has 2 aromatic carbocycles. The second-order valence-corrected chi connectivity index (χ2v) is 7.36. The summed E-state index contributed by atoms with van der Waals surface area (Å²) in [7, 11) is 10.0. The van der Waals surface area contributed by atoms with E-state index in [-0.39, 0.29) is 24.0 Å². The molecule has 0 aromatic heterocycles. The number of rotatable bonds is 8. The fourth-order valence-corrected chi connectivity index (χ4v) is 4.07. The molecule has 0 saturated carbocycles. The highest BCUT2D eigenvalue weighted by molar-refractivity contribution is 14.0. The first-order chi connectivity index (χ1) is 15.6. The van der Waals surface area contributed by atoms with Crippen molar-refractivity contribution in [2.45, 2.75) is 19.4 Å². The van der Waals surface area contributed by atoms with E-state index in [1.807, 2.05) is 19.2 Å². The van der Waals surface area contributed by atoms with E-state index in [1.54, 1.807) is 35.5 Å². The fourth-order valence-electron chi connectivity index (χ4n) is 4.07. The molecule has 3 rings (SSSR count). The molecule has 0 atom stereocenters. The average Bonchev–Trinajstić information content (AvgIpc) is 2.84. The summed E-state index contributed by atoms with van der Waals surface area (Å²) >= 11 is 0. The molecule has 8 nitrogen and oxygen atoms in total. The topological polar surface area (TPSA) is 73.8 Å². The van der Waals surface area contributed by atoms with Crippen molar-refractivity contribution in [2.24, 2.45) is 4.99 Å². The smallest absolute Gasteiger partial charge is 0.203 e. The van der Waals surface area contributed by atoms with Crippen LogP contribution in [0, 0.1) is 0 Å². The molecule has 9 heteroatoms. The van der Waals surface area contributed by atoms with Crippen molar-refractivity contribution in [3.8, 4) is 28.7 Å². The van der Waals surface area contributed by atoms with Gasteiger partial charge in [0.05, 0.1) is 35.5 Å². The number of aliphatic imine (C=N–C) groups is 1. The first-order valence-electron chi connectivity index (χ1n) is 10.6. The van der Waals surface area contributed by atoms with Gasteiger partial charge in [0.1, 0.15) is 0 Å². The van der Waals surface area contributed by atoms with Gasteiger partial charge in [-0.2, -0.15) is 0 Å². The van der Waals surface area contributed by atoms with Gasteiger partial charge in [-0.1, -0.05) is 6.07 Å². The van der Waals surface area contributed by atoms with Gasteiger partial charge in [-0.15, -0.1) is 24.0 Å². The number of nitrogens with one attached hydrogen (secondary N) is 1. The Morgan fingerprint density at radius 1 is 0.879 bits per heavy atom. The molecular weight excluding hydrogens is 537 g/mol. The third-order valence-corrected chi connectivity index (χ3v) is 5.69. The van der Waals surface area contributed by atoms with Gasteiger partial charge in [-0.25, -0.2) is 0 Å². The molecule has 182 valence electrons. The van der Waals surface area contributed by atoms with Crippen LogP contribution in [0.2, 0.25) is 0 Å². The second-order valence-electron chi connectivity index (χ2n) is 7.36. The van der Waals surface area contributed by atoms with Crippen LogP contribution in [0.4, 0.5) is 0 Å². The number of guanidine groups is 1. The maximum absolute atomic E-state index is 5.59. The first kappa shape index (κ1) is 26.7. The molecule has 0 unspecified atom stereocenters. The van der Waals surface area contributed by atoms with Crippen molar-refractivity contribution in [1.29, 1.82) is 0 Å². The lowest BCUT2D eigenvalue weighted by Crippen LogP contribution is -2.44. The zero-order chi connectivity index (χ0) is 23.1.